The van der Waals surface area contributed by atoms with Gasteiger partial charge in [0.05, 0.1) is 11.9 Å². The summed E-state index contributed by atoms with van der Waals surface area (Å²) in [5.41, 5.74) is 2.06. The maximum atomic E-state index is 13.5. The molecule has 38 heavy (non-hydrogen) atoms. The third-order valence-corrected chi connectivity index (χ3v) is 9.10. The highest BCUT2D eigenvalue weighted by Crippen LogP contribution is 2.28. The molecule has 0 bridgehead atoms. The number of benzene rings is 2. The van der Waals surface area contributed by atoms with Crippen LogP contribution in [0.5, 0.6) is 0 Å². The molecule has 0 aliphatic heterocycles. The van der Waals surface area contributed by atoms with Crippen molar-refractivity contribution in [3.05, 3.63) is 63.1 Å². The van der Waals surface area contributed by atoms with Gasteiger partial charge < -0.3 is 10.2 Å². The monoisotopic (exact) mass is 625 g/mol. The Labute approximate surface area is 240 Å². The molecule has 1 atom stereocenters. The van der Waals surface area contributed by atoms with Gasteiger partial charge in [0.1, 0.15) is 6.04 Å². The van der Waals surface area contributed by atoms with Crippen molar-refractivity contribution in [2.24, 2.45) is 0 Å². The van der Waals surface area contributed by atoms with Gasteiger partial charge in [0.15, 0.2) is 0 Å². The fourth-order valence-corrected chi connectivity index (χ4v) is 6.46. The molecule has 1 saturated carbocycles. The Balaban J connectivity index is 1.74. The molecule has 1 fully saturated rings. The summed E-state index contributed by atoms with van der Waals surface area (Å²) < 4.78 is 27.4. The number of nitrogens with zero attached hydrogens (tertiary/aromatic N) is 2. The zero-order valence-corrected chi connectivity index (χ0v) is 25.4. The van der Waals surface area contributed by atoms with E-state index < -0.39 is 16.1 Å². The van der Waals surface area contributed by atoms with Gasteiger partial charge in [-0.25, -0.2) is 8.42 Å². The van der Waals surface area contributed by atoms with E-state index >= 15 is 0 Å². The Morgan fingerprint density at radius 1 is 1.13 bits per heavy atom. The Bertz CT molecular complexity index is 1230. The van der Waals surface area contributed by atoms with Gasteiger partial charge in [0, 0.05) is 35.0 Å². The summed E-state index contributed by atoms with van der Waals surface area (Å²) in [5.74, 6) is -0.361. The summed E-state index contributed by atoms with van der Waals surface area (Å²) >= 11 is 9.71. The van der Waals surface area contributed by atoms with Crippen molar-refractivity contribution in [3.63, 3.8) is 0 Å². The summed E-state index contributed by atoms with van der Waals surface area (Å²) in [6.07, 6.45) is 6.85. The van der Waals surface area contributed by atoms with Crippen LogP contribution in [0.15, 0.2) is 46.9 Å². The predicted molar refractivity (Wildman–Crippen MR) is 157 cm³/mol. The largest absolute Gasteiger partial charge is 0.352 e. The minimum Gasteiger partial charge on any atom is -0.352 e. The van der Waals surface area contributed by atoms with Gasteiger partial charge >= 0.3 is 0 Å². The van der Waals surface area contributed by atoms with Gasteiger partial charge in [0.25, 0.3) is 0 Å². The zero-order chi connectivity index (χ0) is 27.9. The highest BCUT2D eigenvalue weighted by atomic mass is 79.9. The summed E-state index contributed by atoms with van der Waals surface area (Å²) in [7, 11) is -3.59. The lowest BCUT2D eigenvalue weighted by Gasteiger charge is -2.31. The number of carbonyl (C=O) groups is 2. The van der Waals surface area contributed by atoms with Crippen molar-refractivity contribution in [1.29, 1.82) is 0 Å². The Hall–Kier alpha value is -2.10. The molecular formula is C28H37BrClN3O4S. The second-order valence-electron chi connectivity index (χ2n) is 9.99. The van der Waals surface area contributed by atoms with Gasteiger partial charge in [-0.15, -0.1) is 0 Å². The predicted octanol–water partition coefficient (Wildman–Crippen LogP) is 5.82. The lowest BCUT2D eigenvalue weighted by atomic mass is 9.95. The van der Waals surface area contributed by atoms with Crippen LogP contribution in [0.4, 0.5) is 5.69 Å². The number of nitrogens with one attached hydrogen (secondary N) is 1. The van der Waals surface area contributed by atoms with Gasteiger partial charge in [-0.2, -0.15) is 0 Å². The number of rotatable bonds is 11. The molecule has 1 aliphatic rings. The standard InChI is InChI=1S/C28H37BrClN3O4S/c1-20-25(30)14-8-15-26(20)33(38(3,36)37)17-9-16-27(34)32(19-22-10-7-11-23(29)18-22)21(2)28(35)31-24-12-5-4-6-13-24/h7-8,10-11,14-15,18,21,24H,4-6,9,12-13,16-17,19H2,1-3H3,(H,31,35). The lowest BCUT2D eigenvalue weighted by molar-refractivity contribution is -0.141. The molecule has 1 unspecified atom stereocenters. The first-order valence-corrected chi connectivity index (χ1v) is 16.1. The molecule has 2 aromatic carbocycles. The number of anilines is 1. The van der Waals surface area contributed by atoms with Crippen molar-refractivity contribution in [2.75, 3.05) is 17.1 Å². The average molecular weight is 627 g/mol. The highest BCUT2D eigenvalue weighted by Gasteiger charge is 2.28. The van der Waals surface area contributed by atoms with Crippen LogP contribution in [-0.2, 0) is 26.2 Å². The fraction of sp³-hybridized carbons (Fsp3) is 0.500. The number of hydrogen-bond donors (Lipinski definition) is 1. The Kier molecular flexibility index (Phi) is 11.1. The van der Waals surface area contributed by atoms with E-state index in [-0.39, 0.29) is 37.4 Å². The number of sulfonamides is 1. The molecule has 0 heterocycles. The van der Waals surface area contributed by atoms with Crippen molar-refractivity contribution < 1.29 is 18.0 Å². The van der Waals surface area contributed by atoms with E-state index in [9.17, 15) is 18.0 Å². The molecule has 1 aliphatic carbocycles. The number of amides is 2. The molecule has 10 heteroatoms. The summed E-state index contributed by atoms with van der Waals surface area (Å²) in [5, 5.41) is 3.61. The molecule has 3 rings (SSSR count). The molecule has 0 radical (unpaired) electrons. The van der Waals surface area contributed by atoms with Gasteiger partial charge in [-0.1, -0.05) is 65.0 Å². The first-order valence-electron chi connectivity index (χ1n) is 13.0. The molecule has 1 N–H and O–H groups in total. The highest BCUT2D eigenvalue weighted by molar-refractivity contribution is 9.10. The molecule has 0 spiro atoms. The second-order valence-corrected chi connectivity index (χ2v) is 13.2. The van der Waals surface area contributed by atoms with Crippen molar-refractivity contribution >= 4 is 55.1 Å². The minimum atomic E-state index is -3.59. The quantitative estimate of drug-likeness (QED) is 0.340. The lowest BCUT2D eigenvalue weighted by Crippen LogP contribution is -2.50. The van der Waals surface area contributed by atoms with E-state index in [4.69, 9.17) is 11.6 Å². The topological polar surface area (TPSA) is 86.8 Å². The molecular weight excluding hydrogens is 590 g/mol. The van der Waals surface area contributed by atoms with Crippen LogP contribution in [-0.4, -0.2) is 50.0 Å². The van der Waals surface area contributed by atoms with Crippen molar-refractivity contribution in [1.82, 2.24) is 10.2 Å². The normalized spacial score (nSPS) is 15.1. The first-order chi connectivity index (χ1) is 18.0. The third-order valence-electron chi connectivity index (χ3n) is 7.02. The molecule has 0 aromatic heterocycles. The van der Waals surface area contributed by atoms with Crippen LogP contribution < -0.4 is 9.62 Å². The van der Waals surface area contributed by atoms with Crippen LogP contribution in [0.3, 0.4) is 0 Å². The van der Waals surface area contributed by atoms with E-state index in [0.717, 1.165) is 42.0 Å². The van der Waals surface area contributed by atoms with E-state index in [1.165, 1.54) is 10.7 Å². The zero-order valence-electron chi connectivity index (χ0n) is 22.3. The van der Waals surface area contributed by atoms with Crippen molar-refractivity contribution in [2.45, 2.75) is 77.4 Å². The first kappa shape index (κ1) is 30.4. The van der Waals surface area contributed by atoms with Gasteiger partial charge in [-0.05, 0) is 68.5 Å². The Morgan fingerprint density at radius 3 is 2.47 bits per heavy atom. The SMILES string of the molecule is Cc1c(Cl)cccc1N(CCCC(=O)N(Cc1cccc(Br)c1)C(C)C(=O)NC1CCCCC1)S(C)(=O)=O. The fourth-order valence-electron chi connectivity index (χ4n) is 4.83. The number of halogens is 2. The molecule has 2 amide bonds. The van der Waals surface area contributed by atoms with Crippen LogP contribution in [0.2, 0.25) is 5.02 Å². The molecule has 2 aromatic rings. The maximum absolute atomic E-state index is 13.5. The van der Waals surface area contributed by atoms with Crippen LogP contribution in [0.1, 0.15) is 63.0 Å². The van der Waals surface area contributed by atoms with Crippen LogP contribution in [0, 0.1) is 6.92 Å². The van der Waals surface area contributed by atoms with Crippen LogP contribution >= 0.6 is 27.5 Å². The molecule has 0 saturated heterocycles. The summed E-state index contributed by atoms with van der Waals surface area (Å²) in [6.45, 7) is 3.93. The summed E-state index contributed by atoms with van der Waals surface area (Å²) in [4.78, 5) is 28.3. The summed E-state index contributed by atoms with van der Waals surface area (Å²) in [6, 6.07) is 12.3. The number of carbonyl (C=O) groups excluding carboxylic acids is 2. The minimum absolute atomic E-state index is 0.0979. The van der Waals surface area contributed by atoms with E-state index in [1.54, 1.807) is 36.9 Å². The van der Waals surface area contributed by atoms with E-state index in [2.05, 4.69) is 21.2 Å². The van der Waals surface area contributed by atoms with E-state index in [1.807, 2.05) is 24.3 Å². The molecule has 208 valence electrons. The smallest absolute Gasteiger partial charge is 0.242 e. The van der Waals surface area contributed by atoms with E-state index in [0.29, 0.717) is 22.7 Å². The van der Waals surface area contributed by atoms with Crippen LogP contribution in [0.25, 0.3) is 0 Å². The van der Waals surface area contributed by atoms with Gasteiger partial charge in [0.2, 0.25) is 21.8 Å². The van der Waals surface area contributed by atoms with Crippen molar-refractivity contribution in [3.8, 4) is 0 Å². The Morgan fingerprint density at radius 2 is 1.82 bits per heavy atom. The molecule has 7 nitrogen and oxygen atoms in total. The average Bonchev–Trinajstić information content (AvgIpc) is 2.86. The maximum Gasteiger partial charge on any atom is 0.242 e. The van der Waals surface area contributed by atoms with Gasteiger partial charge in [-0.3, -0.25) is 13.9 Å². The number of hydrogen-bond acceptors (Lipinski definition) is 4. The third kappa shape index (κ3) is 8.45. The second kappa shape index (κ2) is 13.8.